The van der Waals surface area contributed by atoms with Crippen LogP contribution in [0.3, 0.4) is 0 Å². The number of hydrogen-bond acceptors (Lipinski definition) is 5. The highest BCUT2D eigenvalue weighted by molar-refractivity contribution is 7.92. The normalized spacial score (nSPS) is 21.1. The molecule has 23 heavy (non-hydrogen) atoms. The van der Waals surface area contributed by atoms with Crippen LogP contribution in [0.25, 0.3) is 0 Å². The number of nitrogens with two attached hydrogens (primary N) is 1. The van der Waals surface area contributed by atoms with Crippen molar-refractivity contribution in [3.8, 4) is 0 Å². The van der Waals surface area contributed by atoms with Crippen molar-refractivity contribution < 1.29 is 17.9 Å². The third kappa shape index (κ3) is 5.19. The number of nitrogens with one attached hydrogen (secondary N) is 2. The largest absolute Gasteiger partial charge is 0.364 e. The number of hydrogen-bond donors (Lipinski definition) is 3. The smallest absolute Gasteiger partial charge is 0.253 e. The number of amides is 1. The summed E-state index contributed by atoms with van der Waals surface area (Å²) in [7, 11) is -3.36. The molecule has 0 aromatic heterocycles. The van der Waals surface area contributed by atoms with Crippen LogP contribution in [-0.2, 0) is 19.6 Å². The molecule has 4 N–H and O–H groups in total. The predicted octanol–water partition coefficient (Wildman–Crippen LogP) is 1.28. The third-order valence-corrected chi connectivity index (χ3v) is 5.03. The highest BCUT2D eigenvalue weighted by atomic mass is 32.2. The van der Waals surface area contributed by atoms with E-state index in [0.717, 1.165) is 6.42 Å². The fourth-order valence-corrected chi connectivity index (χ4v) is 3.58. The first kappa shape index (κ1) is 17.7. The molecule has 1 heterocycles. The number of anilines is 2. The monoisotopic (exact) mass is 341 g/mol. The van der Waals surface area contributed by atoms with Crippen LogP contribution in [-0.4, -0.2) is 38.8 Å². The van der Waals surface area contributed by atoms with Gasteiger partial charge in [-0.1, -0.05) is 13.0 Å². The summed E-state index contributed by atoms with van der Waals surface area (Å²) in [5, 5.41) is 2.75. The van der Waals surface area contributed by atoms with Gasteiger partial charge in [0.05, 0.1) is 17.5 Å². The van der Waals surface area contributed by atoms with E-state index in [-0.39, 0.29) is 17.8 Å². The van der Waals surface area contributed by atoms with Crippen molar-refractivity contribution in [1.82, 2.24) is 0 Å². The van der Waals surface area contributed by atoms with E-state index in [1.807, 2.05) is 0 Å². The van der Waals surface area contributed by atoms with Crippen molar-refractivity contribution >= 4 is 27.3 Å². The molecule has 7 nitrogen and oxygen atoms in total. The summed E-state index contributed by atoms with van der Waals surface area (Å²) in [6.07, 6.45) is 1.36. The molecule has 2 rings (SSSR count). The van der Waals surface area contributed by atoms with Gasteiger partial charge in [-0.2, -0.15) is 0 Å². The summed E-state index contributed by atoms with van der Waals surface area (Å²) < 4.78 is 31.6. The van der Waals surface area contributed by atoms with Crippen LogP contribution in [0.1, 0.15) is 26.2 Å². The lowest BCUT2D eigenvalue weighted by atomic mass is 10.2. The SMILES string of the molecule is CCCS(=O)(=O)Nc1cccc(NC(=O)[C@@H]2CC[C@H](CN)O2)c1. The van der Waals surface area contributed by atoms with Crippen LogP contribution in [0.4, 0.5) is 11.4 Å². The highest BCUT2D eigenvalue weighted by Crippen LogP contribution is 2.22. The number of sulfonamides is 1. The van der Waals surface area contributed by atoms with Crippen LogP contribution in [0.2, 0.25) is 0 Å². The van der Waals surface area contributed by atoms with Gasteiger partial charge in [0, 0.05) is 12.2 Å². The van der Waals surface area contributed by atoms with Crippen molar-refractivity contribution in [2.45, 2.75) is 38.4 Å². The Morgan fingerprint density at radius 3 is 2.74 bits per heavy atom. The number of carbonyl (C=O) groups excluding carboxylic acids is 1. The fourth-order valence-electron chi connectivity index (χ4n) is 2.45. The number of carbonyl (C=O) groups is 1. The maximum absolute atomic E-state index is 12.2. The molecule has 0 bridgehead atoms. The van der Waals surface area contributed by atoms with E-state index in [1.165, 1.54) is 0 Å². The minimum Gasteiger partial charge on any atom is -0.364 e. The first-order chi connectivity index (χ1) is 10.9. The van der Waals surface area contributed by atoms with Crippen molar-refractivity contribution in [2.75, 3.05) is 22.3 Å². The molecule has 0 aliphatic carbocycles. The lowest BCUT2D eigenvalue weighted by molar-refractivity contribution is -0.126. The Hall–Kier alpha value is -1.64. The second-order valence-electron chi connectivity index (χ2n) is 5.55. The van der Waals surface area contributed by atoms with Crippen LogP contribution < -0.4 is 15.8 Å². The van der Waals surface area contributed by atoms with Gasteiger partial charge in [-0.3, -0.25) is 9.52 Å². The molecule has 1 aromatic carbocycles. The lowest BCUT2D eigenvalue weighted by Gasteiger charge is -2.13. The summed E-state index contributed by atoms with van der Waals surface area (Å²) in [4.78, 5) is 12.2. The van der Waals surface area contributed by atoms with Crippen molar-refractivity contribution in [3.05, 3.63) is 24.3 Å². The summed E-state index contributed by atoms with van der Waals surface area (Å²) in [5.74, 6) is -0.186. The molecule has 1 aromatic rings. The number of rotatable bonds is 7. The molecular formula is C15H23N3O4S. The van der Waals surface area contributed by atoms with E-state index in [1.54, 1.807) is 31.2 Å². The molecule has 0 unspecified atom stereocenters. The topological polar surface area (TPSA) is 111 Å². The zero-order valence-corrected chi connectivity index (χ0v) is 13.9. The van der Waals surface area contributed by atoms with Crippen LogP contribution in [0, 0.1) is 0 Å². The average molecular weight is 341 g/mol. The molecule has 0 spiro atoms. The molecular weight excluding hydrogens is 318 g/mol. The Balaban J connectivity index is 1.99. The lowest BCUT2D eigenvalue weighted by Crippen LogP contribution is -2.29. The first-order valence-electron chi connectivity index (χ1n) is 7.70. The van der Waals surface area contributed by atoms with Crippen molar-refractivity contribution in [2.24, 2.45) is 5.73 Å². The van der Waals surface area contributed by atoms with Gasteiger partial charge in [-0.15, -0.1) is 0 Å². The molecule has 1 saturated heterocycles. The standard InChI is InChI=1S/C15H23N3O4S/c1-2-8-23(20,21)18-12-5-3-4-11(9-12)17-15(19)14-7-6-13(10-16)22-14/h3-5,9,13-14,18H,2,6-8,10,16H2,1H3,(H,17,19)/t13-,14+/m1/s1. The Kier molecular flexibility index (Phi) is 5.97. The molecule has 1 aliphatic heterocycles. The van der Waals surface area contributed by atoms with Gasteiger partial charge in [-0.05, 0) is 37.5 Å². The minimum atomic E-state index is -3.36. The highest BCUT2D eigenvalue weighted by Gasteiger charge is 2.29. The van der Waals surface area contributed by atoms with Gasteiger partial charge < -0.3 is 15.8 Å². The Morgan fingerprint density at radius 1 is 1.35 bits per heavy atom. The van der Waals surface area contributed by atoms with E-state index in [4.69, 9.17) is 10.5 Å². The zero-order chi connectivity index (χ0) is 16.9. The number of benzene rings is 1. The van der Waals surface area contributed by atoms with E-state index >= 15 is 0 Å². The first-order valence-corrected chi connectivity index (χ1v) is 9.35. The fraction of sp³-hybridized carbons (Fsp3) is 0.533. The Labute approximate surface area is 136 Å². The molecule has 128 valence electrons. The predicted molar refractivity (Wildman–Crippen MR) is 89.7 cm³/mol. The maximum Gasteiger partial charge on any atom is 0.253 e. The summed E-state index contributed by atoms with van der Waals surface area (Å²) >= 11 is 0. The van der Waals surface area contributed by atoms with E-state index < -0.39 is 16.1 Å². The quantitative estimate of drug-likeness (QED) is 0.692. The molecule has 2 atom stereocenters. The van der Waals surface area contributed by atoms with Crippen molar-refractivity contribution in [1.29, 1.82) is 0 Å². The molecule has 0 radical (unpaired) electrons. The van der Waals surface area contributed by atoms with Crippen molar-refractivity contribution in [3.63, 3.8) is 0 Å². The molecule has 1 amide bonds. The van der Waals surface area contributed by atoms with Gasteiger partial charge in [0.2, 0.25) is 10.0 Å². The summed E-state index contributed by atoms with van der Waals surface area (Å²) in [6.45, 7) is 2.20. The van der Waals surface area contributed by atoms with Gasteiger partial charge in [0.1, 0.15) is 6.10 Å². The van der Waals surface area contributed by atoms with Crippen LogP contribution >= 0.6 is 0 Å². The Bertz CT molecular complexity index is 648. The summed E-state index contributed by atoms with van der Waals surface area (Å²) in [5.41, 5.74) is 6.47. The van der Waals surface area contributed by atoms with Gasteiger partial charge in [-0.25, -0.2) is 8.42 Å². The van der Waals surface area contributed by atoms with E-state index in [9.17, 15) is 13.2 Å². The number of ether oxygens (including phenoxy) is 1. The zero-order valence-electron chi connectivity index (χ0n) is 13.1. The van der Waals surface area contributed by atoms with Crippen LogP contribution in [0.15, 0.2) is 24.3 Å². The van der Waals surface area contributed by atoms with E-state index in [2.05, 4.69) is 10.0 Å². The third-order valence-electron chi connectivity index (χ3n) is 3.54. The maximum atomic E-state index is 12.2. The van der Waals surface area contributed by atoms with Crippen LogP contribution in [0.5, 0.6) is 0 Å². The summed E-state index contributed by atoms with van der Waals surface area (Å²) in [6, 6.07) is 6.60. The Morgan fingerprint density at radius 2 is 2.09 bits per heavy atom. The molecule has 1 fully saturated rings. The molecule has 1 aliphatic rings. The minimum absolute atomic E-state index is 0.0555. The second kappa shape index (κ2) is 7.76. The van der Waals surface area contributed by atoms with Gasteiger partial charge in [0.25, 0.3) is 5.91 Å². The second-order valence-corrected chi connectivity index (χ2v) is 7.39. The van der Waals surface area contributed by atoms with Gasteiger partial charge in [0.15, 0.2) is 0 Å². The van der Waals surface area contributed by atoms with Gasteiger partial charge >= 0.3 is 0 Å². The average Bonchev–Trinajstić information content (AvgIpc) is 2.96. The molecule has 8 heteroatoms. The molecule has 0 saturated carbocycles. The van der Waals surface area contributed by atoms with E-state index in [0.29, 0.717) is 30.8 Å².